The Labute approximate surface area is 93.1 Å². The molecule has 0 amide bonds. The first-order chi connectivity index (χ1) is 7.59. The number of phenolic OH excluding ortho intramolecular Hbond substituents is 1. The largest absolute Gasteiger partial charge is 0.508 e. The number of aromatic hydroxyl groups is 1. The normalized spacial score (nSPS) is 10.4. The predicted molar refractivity (Wildman–Crippen MR) is 60.0 cm³/mol. The molecule has 2 rings (SSSR count). The first-order valence-electron chi connectivity index (χ1n) is 4.94. The minimum atomic E-state index is 0.00234. The molecule has 0 aliphatic heterocycles. The van der Waals surface area contributed by atoms with Crippen LogP contribution in [0.15, 0.2) is 30.5 Å². The fraction of sp³-hybridized carbons (Fsp3) is 0.167. The first-order valence-corrected chi connectivity index (χ1v) is 4.94. The van der Waals surface area contributed by atoms with Crippen LogP contribution in [0.5, 0.6) is 5.75 Å². The van der Waals surface area contributed by atoms with Crippen LogP contribution in [0.3, 0.4) is 0 Å². The zero-order chi connectivity index (χ0) is 11.7. The van der Waals surface area contributed by atoms with Gasteiger partial charge in [0.1, 0.15) is 5.75 Å². The van der Waals surface area contributed by atoms with Crippen molar-refractivity contribution in [2.75, 3.05) is 0 Å². The average molecular weight is 216 g/mol. The number of carbonyl (C=O) groups is 1. The third kappa shape index (κ3) is 1.69. The van der Waals surface area contributed by atoms with E-state index in [1.54, 1.807) is 35.1 Å². The van der Waals surface area contributed by atoms with Gasteiger partial charge in [0, 0.05) is 0 Å². The molecule has 1 N–H and O–H groups in total. The standard InChI is InChI=1S/C12H12N2O2/c1-8-12(9(2)15)7-13-14(8)10-3-5-11(16)6-4-10/h3-7,16H,1-2H3. The average Bonchev–Trinajstić information content (AvgIpc) is 2.61. The molecule has 0 saturated carbocycles. The highest BCUT2D eigenvalue weighted by molar-refractivity contribution is 5.95. The van der Waals surface area contributed by atoms with E-state index in [2.05, 4.69) is 5.10 Å². The van der Waals surface area contributed by atoms with E-state index >= 15 is 0 Å². The second kappa shape index (κ2) is 3.81. The van der Waals surface area contributed by atoms with Crippen molar-refractivity contribution < 1.29 is 9.90 Å². The van der Waals surface area contributed by atoms with Gasteiger partial charge in [-0.05, 0) is 38.1 Å². The van der Waals surface area contributed by atoms with Gasteiger partial charge in [-0.15, -0.1) is 0 Å². The van der Waals surface area contributed by atoms with Crippen LogP contribution in [-0.4, -0.2) is 20.7 Å². The van der Waals surface area contributed by atoms with Gasteiger partial charge < -0.3 is 5.11 Å². The third-order valence-corrected chi connectivity index (χ3v) is 2.48. The highest BCUT2D eigenvalue weighted by Gasteiger charge is 2.11. The molecule has 1 aromatic heterocycles. The summed E-state index contributed by atoms with van der Waals surface area (Å²) in [5.41, 5.74) is 2.24. The number of nitrogens with zero attached hydrogens (tertiary/aromatic N) is 2. The molecule has 16 heavy (non-hydrogen) atoms. The number of Topliss-reactive ketones (excluding diaryl/α,β-unsaturated/α-hetero) is 1. The Morgan fingerprint density at radius 1 is 1.31 bits per heavy atom. The minimum Gasteiger partial charge on any atom is -0.508 e. The van der Waals surface area contributed by atoms with Crippen molar-refractivity contribution >= 4 is 5.78 Å². The molecule has 0 saturated heterocycles. The molecule has 1 aromatic carbocycles. The number of hydrogen-bond acceptors (Lipinski definition) is 3. The lowest BCUT2D eigenvalue weighted by molar-refractivity contribution is 0.101. The summed E-state index contributed by atoms with van der Waals surface area (Å²) in [6.07, 6.45) is 1.56. The van der Waals surface area contributed by atoms with Crippen molar-refractivity contribution in [3.63, 3.8) is 0 Å². The Kier molecular flexibility index (Phi) is 2.48. The van der Waals surface area contributed by atoms with Crippen molar-refractivity contribution in [3.05, 3.63) is 41.7 Å². The van der Waals surface area contributed by atoms with Crippen LogP contribution in [0, 0.1) is 6.92 Å². The summed E-state index contributed by atoms with van der Waals surface area (Å²) in [7, 11) is 0. The molecule has 82 valence electrons. The molecule has 0 atom stereocenters. The Bertz CT molecular complexity index is 526. The summed E-state index contributed by atoms with van der Waals surface area (Å²) >= 11 is 0. The van der Waals surface area contributed by atoms with Crippen molar-refractivity contribution in [3.8, 4) is 11.4 Å². The molecule has 0 aliphatic rings. The van der Waals surface area contributed by atoms with Gasteiger partial charge in [-0.2, -0.15) is 5.10 Å². The molecule has 4 heteroatoms. The summed E-state index contributed by atoms with van der Waals surface area (Å²) in [5, 5.41) is 13.3. The molecule has 0 aliphatic carbocycles. The van der Waals surface area contributed by atoms with E-state index in [1.807, 2.05) is 6.92 Å². The van der Waals surface area contributed by atoms with Crippen molar-refractivity contribution in [2.45, 2.75) is 13.8 Å². The quantitative estimate of drug-likeness (QED) is 0.782. The van der Waals surface area contributed by atoms with E-state index < -0.39 is 0 Å². The molecule has 4 nitrogen and oxygen atoms in total. The second-order valence-corrected chi connectivity index (χ2v) is 3.63. The smallest absolute Gasteiger partial charge is 0.163 e. The summed E-state index contributed by atoms with van der Waals surface area (Å²) < 4.78 is 1.68. The van der Waals surface area contributed by atoms with Crippen molar-refractivity contribution in [1.82, 2.24) is 9.78 Å². The molecule has 0 fully saturated rings. The number of benzene rings is 1. The monoisotopic (exact) mass is 216 g/mol. The van der Waals surface area contributed by atoms with Crippen LogP contribution in [-0.2, 0) is 0 Å². The number of carbonyl (C=O) groups excluding carboxylic acids is 1. The van der Waals surface area contributed by atoms with Gasteiger partial charge in [-0.25, -0.2) is 4.68 Å². The third-order valence-electron chi connectivity index (χ3n) is 2.48. The van der Waals surface area contributed by atoms with E-state index in [4.69, 9.17) is 0 Å². The van der Waals surface area contributed by atoms with Gasteiger partial charge in [-0.3, -0.25) is 4.79 Å². The number of rotatable bonds is 2. The highest BCUT2D eigenvalue weighted by Crippen LogP contribution is 2.17. The van der Waals surface area contributed by atoms with E-state index in [9.17, 15) is 9.90 Å². The SMILES string of the molecule is CC(=O)c1cnn(-c2ccc(O)cc2)c1C. The van der Waals surface area contributed by atoms with Gasteiger partial charge in [0.2, 0.25) is 0 Å². The van der Waals surface area contributed by atoms with Crippen LogP contribution in [0.1, 0.15) is 23.0 Å². The van der Waals surface area contributed by atoms with E-state index in [0.717, 1.165) is 11.4 Å². The van der Waals surface area contributed by atoms with Gasteiger partial charge in [0.25, 0.3) is 0 Å². The topological polar surface area (TPSA) is 55.1 Å². The molecule has 1 heterocycles. The van der Waals surface area contributed by atoms with Gasteiger partial charge >= 0.3 is 0 Å². The number of ketones is 1. The van der Waals surface area contributed by atoms with Gasteiger partial charge in [-0.1, -0.05) is 0 Å². The Hall–Kier alpha value is -2.10. The summed E-state index contributed by atoms with van der Waals surface area (Å²) in [6.45, 7) is 3.36. The molecule has 0 bridgehead atoms. The lowest BCUT2D eigenvalue weighted by atomic mass is 10.2. The van der Waals surface area contributed by atoms with Crippen LogP contribution in [0.25, 0.3) is 5.69 Å². The van der Waals surface area contributed by atoms with Crippen molar-refractivity contribution in [2.24, 2.45) is 0 Å². The first kappa shape index (κ1) is 10.4. The summed E-state index contributed by atoms with van der Waals surface area (Å²) in [4.78, 5) is 11.3. The maximum Gasteiger partial charge on any atom is 0.163 e. The summed E-state index contributed by atoms with van der Waals surface area (Å²) in [6, 6.07) is 6.67. The molecule has 0 radical (unpaired) electrons. The Balaban J connectivity index is 2.49. The second-order valence-electron chi connectivity index (χ2n) is 3.63. The Morgan fingerprint density at radius 3 is 2.44 bits per heavy atom. The van der Waals surface area contributed by atoms with Crippen LogP contribution < -0.4 is 0 Å². The van der Waals surface area contributed by atoms with Crippen LogP contribution in [0.2, 0.25) is 0 Å². The molecule has 2 aromatic rings. The number of hydrogen-bond donors (Lipinski definition) is 1. The van der Waals surface area contributed by atoms with E-state index in [0.29, 0.717) is 5.56 Å². The van der Waals surface area contributed by atoms with Gasteiger partial charge in [0.15, 0.2) is 5.78 Å². The zero-order valence-corrected chi connectivity index (χ0v) is 9.14. The van der Waals surface area contributed by atoms with E-state index in [1.165, 1.54) is 6.92 Å². The van der Waals surface area contributed by atoms with E-state index in [-0.39, 0.29) is 11.5 Å². The lowest BCUT2D eigenvalue weighted by Gasteiger charge is -2.04. The lowest BCUT2D eigenvalue weighted by Crippen LogP contribution is -2.00. The molecule has 0 spiro atoms. The van der Waals surface area contributed by atoms with Gasteiger partial charge in [0.05, 0.1) is 23.1 Å². The number of aromatic nitrogens is 2. The fourth-order valence-corrected chi connectivity index (χ4v) is 1.61. The minimum absolute atomic E-state index is 0.00234. The number of phenols is 1. The zero-order valence-electron chi connectivity index (χ0n) is 9.14. The molecular formula is C12H12N2O2. The predicted octanol–water partition coefficient (Wildman–Crippen LogP) is 2.09. The fourth-order valence-electron chi connectivity index (χ4n) is 1.61. The van der Waals surface area contributed by atoms with Crippen LogP contribution in [0.4, 0.5) is 0 Å². The maximum absolute atomic E-state index is 11.3. The van der Waals surface area contributed by atoms with Crippen LogP contribution >= 0.6 is 0 Å². The molecular weight excluding hydrogens is 204 g/mol. The van der Waals surface area contributed by atoms with Crippen molar-refractivity contribution in [1.29, 1.82) is 0 Å². The molecule has 0 unspecified atom stereocenters. The highest BCUT2D eigenvalue weighted by atomic mass is 16.3. The maximum atomic E-state index is 11.3. The Morgan fingerprint density at radius 2 is 1.94 bits per heavy atom. The summed E-state index contributed by atoms with van der Waals surface area (Å²) in [5.74, 6) is 0.211.